The number of anilines is 1. The van der Waals surface area contributed by atoms with Gasteiger partial charge in [-0.1, -0.05) is 16.8 Å². The van der Waals surface area contributed by atoms with E-state index in [0.717, 1.165) is 41.5 Å². The maximum absolute atomic E-state index is 5.95. The Morgan fingerprint density at radius 3 is 2.65 bits per heavy atom. The van der Waals surface area contributed by atoms with Gasteiger partial charge in [-0.25, -0.2) is 0 Å². The second kappa shape index (κ2) is 5.66. The minimum absolute atomic E-state index is 0.685. The Hall–Kier alpha value is -2.40. The Labute approximate surface area is 138 Å². The molecule has 2 aromatic heterocycles. The van der Waals surface area contributed by atoms with Crippen molar-refractivity contribution in [2.75, 3.05) is 11.4 Å². The summed E-state index contributed by atoms with van der Waals surface area (Å²) in [5.74, 6) is 1.71. The van der Waals surface area contributed by atoms with Gasteiger partial charge >= 0.3 is 0 Å². The van der Waals surface area contributed by atoms with Crippen LogP contribution < -0.4 is 4.90 Å². The lowest BCUT2D eigenvalue weighted by Crippen LogP contribution is -2.31. The topological polar surface area (TPSA) is 55.1 Å². The average Bonchev–Trinajstić information content (AvgIpc) is 2.99. The summed E-state index contributed by atoms with van der Waals surface area (Å²) in [7, 11) is 0. The molecule has 5 nitrogen and oxygen atoms in total. The summed E-state index contributed by atoms with van der Waals surface area (Å²) in [5, 5.41) is 13.3. The summed E-state index contributed by atoms with van der Waals surface area (Å²) in [6.07, 6.45) is 0.867. The molecule has 6 heteroatoms. The van der Waals surface area contributed by atoms with Crippen molar-refractivity contribution in [3.05, 3.63) is 58.4 Å². The fraction of sp³-hybridized carbons (Fsp3) is 0.235. The normalized spacial score (nSPS) is 13.9. The van der Waals surface area contributed by atoms with Gasteiger partial charge in [0.1, 0.15) is 5.69 Å². The monoisotopic (exact) mass is 326 g/mol. The Morgan fingerprint density at radius 2 is 1.91 bits per heavy atom. The number of nitrogens with zero attached hydrogens (tertiary/aromatic N) is 4. The van der Waals surface area contributed by atoms with Crippen molar-refractivity contribution >= 4 is 17.4 Å². The van der Waals surface area contributed by atoms with E-state index in [-0.39, 0.29) is 0 Å². The molecule has 0 saturated heterocycles. The predicted octanol–water partition coefficient (Wildman–Crippen LogP) is 3.66. The molecule has 0 unspecified atom stereocenters. The van der Waals surface area contributed by atoms with E-state index in [1.807, 2.05) is 43.3 Å². The third-order valence-corrected chi connectivity index (χ3v) is 4.31. The summed E-state index contributed by atoms with van der Waals surface area (Å²) in [6.45, 7) is 3.48. The van der Waals surface area contributed by atoms with Crippen LogP contribution in [-0.4, -0.2) is 21.9 Å². The minimum Gasteiger partial charge on any atom is -0.356 e. The fourth-order valence-corrected chi connectivity index (χ4v) is 2.94. The molecule has 0 atom stereocenters. The van der Waals surface area contributed by atoms with Crippen molar-refractivity contribution in [1.82, 2.24) is 15.4 Å². The molecule has 0 fully saturated rings. The minimum atomic E-state index is 0.685. The highest BCUT2D eigenvalue weighted by Gasteiger charge is 2.25. The molecule has 1 aliphatic heterocycles. The van der Waals surface area contributed by atoms with Crippen LogP contribution >= 0.6 is 11.6 Å². The van der Waals surface area contributed by atoms with E-state index < -0.39 is 0 Å². The summed E-state index contributed by atoms with van der Waals surface area (Å²) < 4.78 is 5.59. The molecule has 1 aromatic carbocycles. The van der Waals surface area contributed by atoms with Crippen LogP contribution in [0.3, 0.4) is 0 Å². The number of hydrogen-bond donors (Lipinski definition) is 0. The first kappa shape index (κ1) is 14.2. The molecule has 0 bridgehead atoms. The smallest absolute Gasteiger partial charge is 0.170 e. The van der Waals surface area contributed by atoms with Crippen molar-refractivity contribution in [2.45, 2.75) is 19.9 Å². The van der Waals surface area contributed by atoms with Gasteiger partial charge in [0, 0.05) is 22.7 Å². The van der Waals surface area contributed by atoms with E-state index in [1.54, 1.807) is 0 Å². The Kier molecular flexibility index (Phi) is 3.50. The zero-order chi connectivity index (χ0) is 15.8. The molecule has 116 valence electrons. The first-order valence-corrected chi connectivity index (χ1v) is 7.87. The first-order valence-electron chi connectivity index (χ1n) is 7.49. The quantitative estimate of drug-likeness (QED) is 0.719. The first-order chi connectivity index (χ1) is 11.2. The van der Waals surface area contributed by atoms with E-state index in [0.29, 0.717) is 11.6 Å². The van der Waals surface area contributed by atoms with Gasteiger partial charge < -0.3 is 9.42 Å². The van der Waals surface area contributed by atoms with E-state index in [2.05, 4.69) is 20.3 Å². The average molecular weight is 327 g/mol. The van der Waals surface area contributed by atoms with Gasteiger partial charge in [-0.3, -0.25) is 0 Å². The molecule has 1 aliphatic rings. The molecule has 3 heterocycles. The fourth-order valence-electron chi connectivity index (χ4n) is 2.82. The molecule has 0 radical (unpaired) electrons. The number of halogens is 1. The van der Waals surface area contributed by atoms with Crippen LogP contribution in [-0.2, 0) is 13.0 Å². The van der Waals surface area contributed by atoms with Gasteiger partial charge in [-0.05, 0) is 49.7 Å². The highest BCUT2D eigenvalue weighted by molar-refractivity contribution is 6.30. The SMILES string of the molecule is Cc1ccc(N2CCc3c(noc3-c3ccc(Cl)cc3)C2)nn1. The third-order valence-electron chi connectivity index (χ3n) is 4.06. The van der Waals surface area contributed by atoms with Crippen LogP contribution in [0.1, 0.15) is 17.0 Å². The molecule has 0 N–H and O–H groups in total. The number of aryl methyl sites for hydroxylation is 1. The van der Waals surface area contributed by atoms with Crippen LogP contribution in [0, 0.1) is 6.92 Å². The summed E-state index contributed by atoms with van der Waals surface area (Å²) >= 11 is 5.95. The van der Waals surface area contributed by atoms with Crippen molar-refractivity contribution < 1.29 is 4.52 Å². The van der Waals surface area contributed by atoms with Gasteiger partial charge in [0.05, 0.1) is 12.2 Å². The molecule has 0 aliphatic carbocycles. The van der Waals surface area contributed by atoms with Crippen LogP contribution in [0.5, 0.6) is 0 Å². The Morgan fingerprint density at radius 1 is 1.09 bits per heavy atom. The molecule has 0 spiro atoms. The van der Waals surface area contributed by atoms with Crippen LogP contribution in [0.15, 0.2) is 40.9 Å². The van der Waals surface area contributed by atoms with Crippen LogP contribution in [0.4, 0.5) is 5.82 Å². The number of benzene rings is 1. The molecule has 4 rings (SSSR count). The molecular formula is C17H15ClN4O. The standard InChI is InChI=1S/C17H15ClN4O/c1-11-2-7-16(20-19-11)22-9-8-14-15(10-22)21-23-17(14)12-3-5-13(18)6-4-12/h2-7H,8-10H2,1H3. The maximum atomic E-state index is 5.95. The third kappa shape index (κ3) is 2.68. The Balaban J connectivity index is 1.62. The van der Waals surface area contributed by atoms with Gasteiger partial charge in [-0.2, -0.15) is 5.10 Å². The van der Waals surface area contributed by atoms with E-state index in [1.165, 1.54) is 5.56 Å². The van der Waals surface area contributed by atoms with Gasteiger partial charge in [0.2, 0.25) is 0 Å². The zero-order valence-corrected chi connectivity index (χ0v) is 13.4. The maximum Gasteiger partial charge on any atom is 0.170 e. The lowest BCUT2D eigenvalue weighted by atomic mass is 10.0. The largest absolute Gasteiger partial charge is 0.356 e. The van der Waals surface area contributed by atoms with Crippen molar-refractivity contribution in [3.8, 4) is 11.3 Å². The lowest BCUT2D eigenvalue weighted by Gasteiger charge is -2.26. The molecule has 0 amide bonds. The van der Waals surface area contributed by atoms with Crippen LogP contribution in [0.25, 0.3) is 11.3 Å². The number of rotatable bonds is 2. The highest BCUT2D eigenvalue weighted by atomic mass is 35.5. The van der Waals surface area contributed by atoms with Gasteiger partial charge in [-0.15, -0.1) is 5.10 Å². The number of aromatic nitrogens is 3. The summed E-state index contributed by atoms with van der Waals surface area (Å²) in [6, 6.07) is 11.6. The summed E-state index contributed by atoms with van der Waals surface area (Å²) in [4.78, 5) is 2.17. The zero-order valence-electron chi connectivity index (χ0n) is 12.7. The second-order valence-electron chi connectivity index (χ2n) is 5.65. The van der Waals surface area contributed by atoms with E-state index in [9.17, 15) is 0 Å². The number of hydrogen-bond acceptors (Lipinski definition) is 5. The number of fused-ring (bicyclic) bond motifs is 1. The Bertz CT molecular complexity index is 827. The molecule has 3 aromatic rings. The van der Waals surface area contributed by atoms with Gasteiger partial charge in [0.15, 0.2) is 11.6 Å². The van der Waals surface area contributed by atoms with Crippen LogP contribution in [0.2, 0.25) is 5.02 Å². The van der Waals surface area contributed by atoms with E-state index in [4.69, 9.17) is 16.1 Å². The van der Waals surface area contributed by atoms with Crippen molar-refractivity contribution in [3.63, 3.8) is 0 Å². The molecule has 23 heavy (non-hydrogen) atoms. The van der Waals surface area contributed by atoms with E-state index >= 15 is 0 Å². The predicted molar refractivity (Wildman–Crippen MR) is 88.5 cm³/mol. The van der Waals surface area contributed by atoms with Crippen molar-refractivity contribution in [1.29, 1.82) is 0 Å². The van der Waals surface area contributed by atoms with Gasteiger partial charge in [0.25, 0.3) is 0 Å². The lowest BCUT2D eigenvalue weighted by molar-refractivity contribution is 0.423. The molecular weight excluding hydrogens is 312 g/mol. The second-order valence-corrected chi connectivity index (χ2v) is 6.08. The van der Waals surface area contributed by atoms with Crippen molar-refractivity contribution in [2.24, 2.45) is 0 Å². The molecule has 0 saturated carbocycles. The summed E-state index contributed by atoms with van der Waals surface area (Å²) in [5.41, 5.74) is 4.05. The highest BCUT2D eigenvalue weighted by Crippen LogP contribution is 2.32.